The summed E-state index contributed by atoms with van der Waals surface area (Å²) in [4.78, 5) is 60.3. The Kier molecular flexibility index (Phi) is 10.8. The molecular weight excluding hydrogens is 697 g/mol. The summed E-state index contributed by atoms with van der Waals surface area (Å²) in [5, 5.41) is 8.77. The highest BCUT2D eigenvalue weighted by molar-refractivity contribution is 6.72. The lowest BCUT2D eigenvalue weighted by atomic mass is 9.89. The topological polar surface area (TPSA) is 94.8 Å². The molecule has 56 heavy (non-hydrogen) atoms. The van der Waals surface area contributed by atoms with E-state index in [1.807, 2.05) is 93.6 Å². The van der Waals surface area contributed by atoms with Gasteiger partial charge in [-0.25, -0.2) is 4.79 Å². The summed E-state index contributed by atoms with van der Waals surface area (Å²) in [6.07, 6.45) is 4.32. The van der Waals surface area contributed by atoms with Gasteiger partial charge >= 0.3 is 5.97 Å². The third kappa shape index (κ3) is 7.05. The normalized spacial score (nSPS) is 12.4. The molecule has 7 rings (SSSR count). The molecule has 0 spiro atoms. The van der Waals surface area contributed by atoms with Gasteiger partial charge < -0.3 is 9.40 Å². The first kappa shape index (κ1) is 38.1. The molecule has 0 aliphatic rings. The molecule has 1 heterocycles. The number of ketones is 3. The number of unbranched alkanes of at least 4 members (excludes halogenated alkanes) is 1. The van der Waals surface area contributed by atoms with Crippen LogP contribution in [0.15, 0.2) is 108 Å². The standard InChI is InChI=1S/C49H46N2O5/c1-7-9-15-33(8-2)28-51-43-23-22-35(47(53)45(50-56-32(6)52)49(55)39-21-14-17-34-16-10-11-18-36(34)39)26-40(43)41-27-42(37-19-12-13-20-38(37)46(41)51)48(54)44-30(4)24-29(3)25-31(44)5/h10-14,16-27,33H,7-9,15,28H2,1-6H3. The van der Waals surface area contributed by atoms with Gasteiger partial charge in [0.2, 0.25) is 11.6 Å². The summed E-state index contributed by atoms with van der Waals surface area (Å²) in [6.45, 7) is 12.4. The van der Waals surface area contributed by atoms with Crippen LogP contribution in [0.4, 0.5) is 0 Å². The van der Waals surface area contributed by atoms with Crippen molar-refractivity contribution in [1.82, 2.24) is 4.57 Å². The van der Waals surface area contributed by atoms with Crippen LogP contribution in [0.2, 0.25) is 0 Å². The van der Waals surface area contributed by atoms with E-state index >= 15 is 0 Å². The molecule has 1 atom stereocenters. The molecule has 0 aliphatic carbocycles. The Morgan fingerprint density at radius 3 is 2.07 bits per heavy atom. The van der Waals surface area contributed by atoms with Crippen LogP contribution in [0.3, 0.4) is 0 Å². The molecule has 7 heteroatoms. The van der Waals surface area contributed by atoms with Gasteiger partial charge in [0.15, 0.2) is 11.5 Å². The lowest BCUT2D eigenvalue weighted by molar-refractivity contribution is -0.140. The highest BCUT2D eigenvalue weighted by Crippen LogP contribution is 2.39. The quantitative estimate of drug-likeness (QED) is 0.0385. The summed E-state index contributed by atoms with van der Waals surface area (Å²) in [6, 6.07) is 32.2. The van der Waals surface area contributed by atoms with Crippen molar-refractivity contribution in [3.63, 3.8) is 0 Å². The van der Waals surface area contributed by atoms with Gasteiger partial charge in [0.05, 0.1) is 5.52 Å². The van der Waals surface area contributed by atoms with Crippen molar-refractivity contribution >= 4 is 72.4 Å². The number of benzene rings is 6. The van der Waals surface area contributed by atoms with Crippen LogP contribution in [0.5, 0.6) is 0 Å². The Morgan fingerprint density at radius 2 is 1.38 bits per heavy atom. The number of carbonyl (C=O) groups is 4. The lowest BCUT2D eigenvalue weighted by Gasteiger charge is -2.19. The largest absolute Gasteiger partial charge is 0.340 e. The molecule has 0 fully saturated rings. The fraction of sp³-hybridized carbons (Fsp3) is 0.245. The van der Waals surface area contributed by atoms with Crippen molar-refractivity contribution < 1.29 is 24.0 Å². The Labute approximate surface area is 327 Å². The van der Waals surface area contributed by atoms with Crippen LogP contribution in [0, 0.1) is 26.7 Å². The summed E-state index contributed by atoms with van der Waals surface area (Å²) >= 11 is 0. The van der Waals surface area contributed by atoms with Gasteiger partial charge in [0.1, 0.15) is 0 Å². The molecule has 0 bridgehead atoms. The molecule has 0 saturated carbocycles. The van der Waals surface area contributed by atoms with Crippen molar-refractivity contribution in [3.8, 4) is 0 Å². The molecular formula is C49H46N2O5. The predicted octanol–water partition coefficient (Wildman–Crippen LogP) is 11.5. The van der Waals surface area contributed by atoms with Gasteiger partial charge in [-0.1, -0.05) is 123 Å². The van der Waals surface area contributed by atoms with E-state index in [1.165, 1.54) is 6.92 Å². The van der Waals surface area contributed by atoms with Crippen LogP contribution in [-0.2, 0) is 16.2 Å². The molecule has 0 N–H and O–H groups in total. The molecule has 0 amide bonds. The second-order valence-corrected chi connectivity index (χ2v) is 14.9. The minimum Gasteiger partial charge on any atom is -0.340 e. The summed E-state index contributed by atoms with van der Waals surface area (Å²) < 4.78 is 2.34. The Balaban J connectivity index is 1.46. The fourth-order valence-corrected chi connectivity index (χ4v) is 8.31. The van der Waals surface area contributed by atoms with Crippen molar-refractivity contribution in [2.45, 2.75) is 73.8 Å². The zero-order valence-electron chi connectivity index (χ0n) is 32.9. The number of nitrogens with zero attached hydrogens (tertiary/aromatic N) is 2. The third-order valence-corrected chi connectivity index (χ3v) is 11.0. The average molecular weight is 743 g/mol. The highest BCUT2D eigenvalue weighted by Gasteiger charge is 2.28. The van der Waals surface area contributed by atoms with Crippen LogP contribution in [0.1, 0.15) is 99.8 Å². The predicted molar refractivity (Wildman–Crippen MR) is 226 cm³/mol. The molecule has 6 aromatic carbocycles. The molecule has 1 unspecified atom stereocenters. The number of hydrogen-bond donors (Lipinski definition) is 0. The van der Waals surface area contributed by atoms with Gasteiger partial charge in [-0.05, 0) is 84.7 Å². The molecule has 0 aliphatic heterocycles. The minimum absolute atomic E-state index is 0.0582. The van der Waals surface area contributed by atoms with E-state index in [9.17, 15) is 19.2 Å². The van der Waals surface area contributed by atoms with Gasteiger partial charge in [-0.15, -0.1) is 0 Å². The Bertz CT molecular complexity index is 2720. The van der Waals surface area contributed by atoms with Crippen LogP contribution in [0.25, 0.3) is 43.4 Å². The highest BCUT2D eigenvalue weighted by atomic mass is 16.7. The zero-order chi connectivity index (χ0) is 39.7. The van der Waals surface area contributed by atoms with Crippen LogP contribution >= 0.6 is 0 Å². The van der Waals surface area contributed by atoms with Crippen molar-refractivity contribution in [3.05, 3.63) is 142 Å². The van der Waals surface area contributed by atoms with Gasteiger partial charge in [0, 0.05) is 57.4 Å². The van der Waals surface area contributed by atoms with E-state index in [1.54, 1.807) is 24.3 Å². The van der Waals surface area contributed by atoms with E-state index in [2.05, 4.69) is 29.6 Å². The molecule has 7 nitrogen and oxygen atoms in total. The number of hydrogen-bond acceptors (Lipinski definition) is 6. The monoisotopic (exact) mass is 742 g/mol. The summed E-state index contributed by atoms with van der Waals surface area (Å²) in [7, 11) is 0. The first-order valence-corrected chi connectivity index (χ1v) is 19.4. The first-order valence-electron chi connectivity index (χ1n) is 19.4. The number of oxime groups is 1. The maximum atomic E-state index is 14.7. The SMILES string of the molecule is CCCCC(CC)Cn1c2ccc(C(=O)C(=NOC(C)=O)C(=O)c3cccc4ccccc34)cc2c2cc(C(=O)c3c(C)cc(C)cc3C)c3ccccc3c21. The minimum atomic E-state index is -0.754. The fourth-order valence-electron chi connectivity index (χ4n) is 8.31. The van der Waals surface area contributed by atoms with E-state index in [0.717, 1.165) is 86.9 Å². The number of aromatic nitrogens is 1. The number of rotatable bonds is 13. The van der Waals surface area contributed by atoms with Crippen LogP contribution < -0.4 is 0 Å². The number of Topliss-reactive ketones (excluding diaryl/α,β-unsaturated/α-hetero) is 2. The zero-order valence-corrected chi connectivity index (χ0v) is 32.9. The van der Waals surface area contributed by atoms with E-state index < -0.39 is 23.2 Å². The van der Waals surface area contributed by atoms with Crippen molar-refractivity contribution in [2.75, 3.05) is 0 Å². The number of fused-ring (bicyclic) bond motifs is 6. The summed E-state index contributed by atoms with van der Waals surface area (Å²) in [5.41, 5.74) is 6.09. The number of carbonyl (C=O) groups excluding carboxylic acids is 4. The van der Waals surface area contributed by atoms with Gasteiger partial charge in [-0.3, -0.25) is 14.4 Å². The molecule has 0 radical (unpaired) electrons. The van der Waals surface area contributed by atoms with E-state index in [4.69, 9.17) is 4.84 Å². The van der Waals surface area contributed by atoms with E-state index in [-0.39, 0.29) is 16.9 Å². The molecule has 282 valence electrons. The van der Waals surface area contributed by atoms with Gasteiger partial charge in [0.25, 0.3) is 0 Å². The van der Waals surface area contributed by atoms with Crippen molar-refractivity contribution in [1.29, 1.82) is 0 Å². The molecule has 0 saturated heterocycles. The Morgan fingerprint density at radius 1 is 0.696 bits per heavy atom. The third-order valence-electron chi connectivity index (χ3n) is 11.0. The maximum Gasteiger partial charge on any atom is 0.332 e. The maximum absolute atomic E-state index is 14.7. The second kappa shape index (κ2) is 15.9. The Hall–Kier alpha value is -6.21. The second-order valence-electron chi connectivity index (χ2n) is 14.9. The smallest absolute Gasteiger partial charge is 0.332 e. The van der Waals surface area contributed by atoms with Gasteiger partial charge in [-0.2, -0.15) is 0 Å². The van der Waals surface area contributed by atoms with Crippen LogP contribution in [-0.4, -0.2) is 33.6 Å². The average Bonchev–Trinajstić information content (AvgIpc) is 3.50. The molecule has 7 aromatic rings. The lowest BCUT2D eigenvalue weighted by Crippen LogP contribution is -2.25. The molecule has 1 aromatic heterocycles. The number of aryl methyl sites for hydroxylation is 3. The van der Waals surface area contributed by atoms with Crippen molar-refractivity contribution in [2.24, 2.45) is 11.1 Å². The van der Waals surface area contributed by atoms with E-state index in [0.29, 0.717) is 22.4 Å². The first-order chi connectivity index (χ1) is 27.0. The summed E-state index contributed by atoms with van der Waals surface area (Å²) in [5.74, 6) is -1.73.